The van der Waals surface area contributed by atoms with Crippen molar-refractivity contribution in [2.75, 3.05) is 28.2 Å². The first-order valence-electron chi connectivity index (χ1n) is 12.3. The van der Waals surface area contributed by atoms with Gasteiger partial charge >= 0.3 is 0 Å². The molecule has 0 aliphatic carbocycles. The highest BCUT2D eigenvalue weighted by Gasteiger charge is 2.28. The van der Waals surface area contributed by atoms with E-state index in [2.05, 4.69) is 5.32 Å². The van der Waals surface area contributed by atoms with Gasteiger partial charge in [0, 0.05) is 35.5 Å². The van der Waals surface area contributed by atoms with Gasteiger partial charge in [0.05, 0.1) is 11.4 Å². The standard InChI is InChI=1S/C31H27N3O3/c1-22-10-5-6-13-26(22)29(35)32-25-18-16-24(17-19-25)31(37)34-21-9-20-33(27-14-7-8-15-28(27)34)30(36)23-11-3-2-4-12-23/h2-8,10-19H,9,20-21H2,1H3,(H,32,35). The fourth-order valence-electron chi connectivity index (χ4n) is 4.59. The number of hydrogen-bond donors (Lipinski definition) is 1. The maximum absolute atomic E-state index is 13.6. The number of benzene rings is 4. The van der Waals surface area contributed by atoms with E-state index in [1.807, 2.05) is 67.6 Å². The van der Waals surface area contributed by atoms with E-state index in [-0.39, 0.29) is 17.7 Å². The smallest absolute Gasteiger partial charge is 0.258 e. The topological polar surface area (TPSA) is 69.7 Å². The Balaban J connectivity index is 1.37. The van der Waals surface area contributed by atoms with Crippen molar-refractivity contribution in [3.8, 4) is 0 Å². The molecule has 3 amide bonds. The predicted molar refractivity (Wildman–Crippen MR) is 146 cm³/mol. The average molecular weight is 490 g/mol. The summed E-state index contributed by atoms with van der Waals surface area (Å²) in [5.74, 6) is -0.434. The largest absolute Gasteiger partial charge is 0.322 e. The molecule has 37 heavy (non-hydrogen) atoms. The van der Waals surface area contributed by atoms with Crippen molar-refractivity contribution in [1.29, 1.82) is 0 Å². The van der Waals surface area contributed by atoms with Gasteiger partial charge in [0.15, 0.2) is 0 Å². The quantitative estimate of drug-likeness (QED) is 0.385. The summed E-state index contributed by atoms with van der Waals surface area (Å²) < 4.78 is 0. The van der Waals surface area contributed by atoms with Crippen LogP contribution in [0.5, 0.6) is 0 Å². The fraction of sp³-hybridized carbons (Fsp3) is 0.129. The normalized spacial score (nSPS) is 12.9. The molecule has 4 aromatic rings. The Hall–Kier alpha value is -4.71. The monoisotopic (exact) mass is 489 g/mol. The van der Waals surface area contributed by atoms with Gasteiger partial charge in [-0.2, -0.15) is 0 Å². The first kappa shape index (κ1) is 24.0. The third-order valence-electron chi connectivity index (χ3n) is 6.52. The van der Waals surface area contributed by atoms with Gasteiger partial charge in [-0.05, 0) is 73.5 Å². The molecule has 0 saturated heterocycles. The maximum Gasteiger partial charge on any atom is 0.258 e. The highest BCUT2D eigenvalue weighted by atomic mass is 16.2. The van der Waals surface area contributed by atoms with Crippen molar-refractivity contribution in [2.45, 2.75) is 13.3 Å². The Morgan fingerprint density at radius 1 is 0.622 bits per heavy atom. The zero-order valence-electron chi connectivity index (χ0n) is 20.6. The van der Waals surface area contributed by atoms with Gasteiger partial charge in [0.25, 0.3) is 17.7 Å². The van der Waals surface area contributed by atoms with E-state index in [9.17, 15) is 14.4 Å². The number of aryl methyl sites for hydroxylation is 1. The minimum absolute atomic E-state index is 0.0869. The van der Waals surface area contributed by atoms with Gasteiger partial charge in [-0.3, -0.25) is 14.4 Å². The molecular weight excluding hydrogens is 462 g/mol. The van der Waals surface area contributed by atoms with E-state index in [4.69, 9.17) is 0 Å². The molecule has 1 heterocycles. The number of fused-ring (bicyclic) bond motifs is 1. The number of rotatable bonds is 4. The van der Waals surface area contributed by atoms with Gasteiger partial charge in [0.2, 0.25) is 0 Å². The molecule has 5 rings (SSSR count). The third kappa shape index (κ3) is 5.00. The van der Waals surface area contributed by atoms with Crippen molar-refractivity contribution in [3.63, 3.8) is 0 Å². The molecule has 6 nitrogen and oxygen atoms in total. The molecule has 4 aromatic carbocycles. The Morgan fingerprint density at radius 3 is 1.73 bits per heavy atom. The zero-order valence-corrected chi connectivity index (χ0v) is 20.6. The number of nitrogens with zero attached hydrogens (tertiary/aromatic N) is 2. The first-order valence-corrected chi connectivity index (χ1v) is 12.3. The van der Waals surface area contributed by atoms with E-state index < -0.39 is 0 Å². The summed E-state index contributed by atoms with van der Waals surface area (Å²) in [6.45, 7) is 2.89. The van der Waals surface area contributed by atoms with Crippen LogP contribution in [0.4, 0.5) is 17.1 Å². The lowest BCUT2D eigenvalue weighted by Crippen LogP contribution is -2.31. The van der Waals surface area contributed by atoms with E-state index in [0.29, 0.717) is 53.3 Å². The lowest BCUT2D eigenvalue weighted by molar-refractivity contribution is 0.0981. The first-order chi connectivity index (χ1) is 18.0. The molecule has 1 aliphatic rings. The van der Waals surface area contributed by atoms with E-state index in [1.165, 1.54) is 0 Å². The van der Waals surface area contributed by atoms with Crippen LogP contribution in [-0.4, -0.2) is 30.8 Å². The molecule has 0 fully saturated rings. The maximum atomic E-state index is 13.6. The van der Waals surface area contributed by atoms with Crippen molar-refractivity contribution in [3.05, 3.63) is 125 Å². The minimum atomic E-state index is -0.193. The van der Waals surface area contributed by atoms with Crippen molar-refractivity contribution in [2.24, 2.45) is 0 Å². The summed E-state index contributed by atoms with van der Waals surface area (Å²) in [5.41, 5.74) is 4.65. The number of hydrogen-bond acceptors (Lipinski definition) is 3. The predicted octanol–water partition coefficient (Wildman–Crippen LogP) is 5.94. The Kier molecular flexibility index (Phi) is 6.81. The van der Waals surface area contributed by atoms with Gasteiger partial charge < -0.3 is 15.1 Å². The number of nitrogens with one attached hydrogen (secondary N) is 1. The lowest BCUT2D eigenvalue weighted by atomic mass is 10.1. The van der Waals surface area contributed by atoms with Gasteiger partial charge in [-0.1, -0.05) is 48.5 Å². The summed E-state index contributed by atoms with van der Waals surface area (Å²) in [7, 11) is 0. The molecule has 0 aromatic heterocycles. The molecule has 184 valence electrons. The lowest BCUT2D eigenvalue weighted by Gasteiger charge is -2.25. The molecule has 0 saturated carbocycles. The van der Waals surface area contributed by atoms with Gasteiger partial charge in [-0.25, -0.2) is 0 Å². The van der Waals surface area contributed by atoms with Crippen LogP contribution in [0, 0.1) is 6.92 Å². The Bertz CT molecular complexity index is 1450. The molecule has 0 bridgehead atoms. The highest BCUT2D eigenvalue weighted by Crippen LogP contribution is 2.34. The fourth-order valence-corrected chi connectivity index (χ4v) is 4.59. The Morgan fingerprint density at radius 2 is 1.14 bits per heavy atom. The summed E-state index contributed by atoms with van der Waals surface area (Å²) in [4.78, 5) is 43.0. The van der Waals surface area contributed by atoms with Crippen LogP contribution in [0.3, 0.4) is 0 Å². The number of para-hydroxylation sites is 2. The second-order valence-corrected chi connectivity index (χ2v) is 8.97. The average Bonchev–Trinajstić information content (AvgIpc) is 3.13. The second-order valence-electron chi connectivity index (χ2n) is 8.97. The molecule has 1 aliphatic heterocycles. The SMILES string of the molecule is Cc1ccccc1C(=O)Nc1ccc(C(=O)N2CCCN(C(=O)c3ccccc3)c3ccccc32)cc1. The zero-order chi connectivity index (χ0) is 25.8. The summed E-state index contributed by atoms with van der Waals surface area (Å²) in [6, 6.07) is 31.0. The summed E-state index contributed by atoms with van der Waals surface area (Å²) in [5, 5.41) is 2.90. The molecule has 0 spiro atoms. The number of carbonyl (C=O) groups excluding carboxylic acids is 3. The second kappa shape index (κ2) is 10.5. The number of amides is 3. The molecule has 1 N–H and O–H groups in total. The van der Waals surface area contributed by atoms with E-state index in [0.717, 1.165) is 5.56 Å². The van der Waals surface area contributed by atoms with Crippen LogP contribution in [0.2, 0.25) is 0 Å². The van der Waals surface area contributed by atoms with Gasteiger partial charge in [0.1, 0.15) is 0 Å². The summed E-state index contributed by atoms with van der Waals surface area (Å²) in [6.07, 6.45) is 0.642. The molecule has 6 heteroatoms. The van der Waals surface area contributed by atoms with Crippen LogP contribution < -0.4 is 15.1 Å². The highest BCUT2D eigenvalue weighted by molar-refractivity contribution is 6.12. The van der Waals surface area contributed by atoms with Crippen LogP contribution in [0.15, 0.2) is 103 Å². The number of anilines is 3. The van der Waals surface area contributed by atoms with Crippen molar-refractivity contribution in [1.82, 2.24) is 0 Å². The number of carbonyl (C=O) groups is 3. The molecule has 0 radical (unpaired) electrons. The van der Waals surface area contributed by atoms with Crippen LogP contribution in [-0.2, 0) is 0 Å². The Labute approximate surface area is 216 Å². The van der Waals surface area contributed by atoms with Crippen LogP contribution in [0.1, 0.15) is 43.1 Å². The molecule has 0 unspecified atom stereocenters. The van der Waals surface area contributed by atoms with Gasteiger partial charge in [-0.15, -0.1) is 0 Å². The van der Waals surface area contributed by atoms with Crippen molar-refractivity contribution < 1.29 is 14.4 Å². The van der Waals surface area contributed by atoms with Crippen LogP contribution >= 0.6 is 0 Å². The molecule has 0 atom stereocenters. The van der Waals surface area contributed by atoms with E-state index >= 15 is 0 Å². The van der Waals surface area contributed by atoms with Crippen molar-refractivity contribution >= 4 is 34.8 Å². The minimum Gasteiger partial charge on any atom is -0.322 e. The van der Waals surface area contributed by atoms with Crippen LogP contribution in [0.25, 0.3) is 0 Å². The van der Waals surface area contributed by atoms with E-state index in [1.54, 1.807) is 52.3 Å². The summed E-state index contributed by atoms with van der Waals surface area (Å²) >= 11 is 0. The molecular formula is C31H27N3O3. The third-order valence-corrected chi connectivity index (χ3v) is 6.52.